The van der Waals surface area contributed by atoms with Crippen LogP contribution in [0, 0.1) is 0 Å². The number of methoxy groups -OCH3 is 1. The van der Waals surface area contributed by atoms with Crippen molar-refractivity contribution in [3.8, 4) is 11.5 Å². The Hall–Kier alpha value is -2.30. The second-order valence-electron chi connectivity index (χ2n) is 6.91. The number of nitrogens with zero attached hydrogens (tertiary/aromatic N) is 2. The highest BCUT2D eigenvalue weighted by Gasteiger charge is 2.34. The topological polar surface area (TPSA) is 85.3 Å². The average molecular weight is 495 g/mol. The highest BCUT2D eigenvalue weighted by molar-refractivity contribution is 8.19. The van der Waals surface area contributed by atoms with Crippen molar-refractivity contribution in [2.45, 2.75) is 37.3 Å². The first-order valence-corrected chi connectivity index (χ1v) is 13.4. The molecule has 1 aromatic heterocycles. The number of thioether (sulfide) groups is 1. The molecule has 0 saturated carbocycles. The first kappa shape index (κ1) is 24.3. The van der Waals surface area contributed by atoms with Gasteiger partial charge in [0.1, 0.15) is 4.21 Å². The van der Waals surface area contributed by atoms with Gasteiger partial charge >= 0.3 is 0 Å². The summed E-state index contributed by atoms with van der Waals surface area (Å²) in [7, 11) is -2.28. The lowest BCUT2D eigenvalue weighted by Gasteiger charge is -2.12. The number of carbonyl (C=O) groups is 1. The number of hydrogen-bond donors (Lipinski definition) is 0. The number of likely N-dealkylation sites (N-methyl/N-ethyl adjacent to an activating group) is 1. The van der Waals surface area contributed by atoms with Gasteiger partial charge in [-0.3, -0.25) is 9.69 Å². The second-order valence-corrected chi connectivity index (χ2v) is 10.7. The fourth-order valence-electron chi connectivity index (χ4n) is 2.99. The smallest absolute Gasteiger partial charge is 0.294 e. The Morgan fingerprint density at radius 3 is 2.62 bits per heavy atom. The van der Waals surface area contributed by atoms with Gasteiger partial charge in [-0.15, -0.1) is 15.7 Å². The number of amides is 1. The van der Waals surface area contributed by atoms with Crippen molar-refractivity contribution in [2.24, 2.45) is 4.40 Å². The molecule has 0 atom stereocenters. The zero-order chi connectivity index (χ0) is 23.1. The summed E-state index contributed by atoms with van der Waals surface area (Å²) in [6.45, 7) is 4.81. The Morgan fingerprint density at radius 1 is 1.16 bits per heavy atom. The number of rotatable bonds is 10. The van der Waals surface area contributed by atoms with Crippen LogP contribution in [0.5, 0.6) is 11.5 Å². The molecule has 0 N–H and O–H groups in total. The Balaban J connectivity index is 1.87. The van der Waals surface area contributed by atoms with Gasteiger partial charge in [0, 0.05) is 6.54 Å². The van der Waals surface area contributed by atoms with Crippen molar-refractivity contribution in [1.29, 1.82) is 0 Å². The van der Waals surface area contributed by atoms with Gasteiger partial charge in [0.2, 0.25) is 0 Å². The molecule has 2 heterocycles. The lowest BCUT2D eigenvalue weighted by molar-refractivity contribution is -0.122. The molecule has 3 rings (SSSR count). The summed E-state index contributed by atoms with van der Waals surface area (Å²) in [6.07, 6.45) is 4.85. The lowest BCUT2D eigenvalue weighted by Crippen LogP contribution is -2.29. The number of ether oxygens (including phenoxy) is 2. The number of benzene rings is 1. The molecule has 0 spiro atoms. The minimum atomic E-state index is -3.87. The molecule has 2 aromatic rings. The van der Waals surface area contributed by atoms with Crippen LogP contribution in [0.3, 0.4) is 0 Å². The SMILES string of the molecule is CCCCCOc1cc(/C=C2\S/C(=N/S(=O)(=O)c3cccs3)N(CC)C2=O)ccc1OC. The molecule has 10 heteroatoms. The Labute approximate surface area is 197 Å². The van der Waals surface area contributed by atoms with Gasteiger partial charge in [-0.05, 0) is 60.3 Å². The van der Waals surface area contributed by atoms with Crippen LogP contribution >= 0.6 is 23.1 Å². The maximum Gasteiger partial charge on any atom is 0.294 e. The third-order valence-corrected chi connectivity index (χ3v) is 8.40. The summed E-state index contributed by atoms with van der Waals surface area (Å²) in [5.41, 5.74) is 0.755. The molecule has 172 valence electrons. The first-order valence-electron chi connectivity index (χ1n) is 10.3. The molecular weight excluding hydrogens is 468 g/mol. The molecule has 0 radical (unpaired) electrons. The zero-order valence-corrected chi connectivity index (χ0v) is 20.7. The van der Waals surface area contributed by atoms with Crippen LogP contribution in [0.2, 0.25) is 0 Å². The average Bonchev–Trinajstić information content (AvgIpc) is 3.41. The van der Waals surface area contributed by atoms with Gasteiger partial charge in [0.15, 0.2) is 16.7 Å². The predicted molar refractivity (Wildman–Crippen MR) is 130 cm³/mol. The van der Waals surface area contributed by atoms with Crippen LogP contribution in [-0.4, -0.2) is 44.7 Å². The number of amidine groups is 1. The van der Waals surface area contributed by atoms with Crippen LogP contribution in [0.15, 0.2) is 49.2 Å². The number of thiophene rings is 1. The van der Waals surface area contributed by atoms with Gasteiger partial charge in [-0.2, -0.15) is 8.42 Å². The summed E-state index contributed by atoms with van der Waals surface area (Å²) < 4.78 is 40.5. The van der Waals surface area contributed by atoms with E-state index < -0.39 is 10.0 Å². The number of hydrogen-bond acceptors (Lipinski definition) is 7. The molecule has 1 saturated heterocycles. The summed E-state index contributed by atoms with van der Waals surface area (Å²) in [5.74, 6) is 0.947. The zero-order valence-electron chi connectivity index (χ0n) is 18.2. The van der Waals surface area contributed by atoms with E-state index in [1.165, 1.54) is 11.0 Å². The van der Waals surface area contributed by atoms with Gasteiger partial charge < -0.3 is 9.47 Å². The van der Waals surface area contributed by atoms with Crippen LogP contribution in [0.25, 0.3) is 6.08 Å². The van der Waals surface area contributed by atoms with E-state index in [1.54, 1.807) is 37.6 Å². The maximum atomic E-state index is 12.9. The molecule has 1 aromatic carbocycles. The van der Waals surface area contributed by atoms with Crippen LogP contribution in [-0.2, 0) is 14.8 Å². The molecule has 0 unspecified atom stereocenters. The minimum absolute atomic E-state index is 0.145. The lowest BCUT2D eigenvalue weighted by atomic mass is 10.2. The monoisotopic (exact) mass is 494 g/mol. The number of carbonyl (C=O) groups excluding carboxylic acids is 1. The predicted octanol–water partition coefficient (Wildman–Crippen LogP) is 5.01. The normalized spacial score (nSPS) is 16.8. The van der Waals surface area contributed by atoms with Crippen molar-refractivity contribution >= 4 is 50.3 Å². The Bertz CT molecular complexity index is 1110. The highest BCUT2D eigenvalue weighted by Crippen LogP contribution is 2.35. The maximum absolute atomic E-state index is 12.9. The van der Waals surface area contributed by atoms with Crippen LogP contribution < -0.4 is 9.47 Å². The molecule has 32 heavy (non-hydrogen) atoms. The molecule has 1 aliphatic rings. The quantitative estimate of drug-likeness (QED) is 0.341. The summed E-state index contributed by atoms with van der Waals surface area (Å²) >= 11 is 2.14. The largest absolute Gasteiger partial charge is 0.493 e. The Morgan fingerprint density at radius 2 is 1.97 bits per heavy atom. The summed E-state index contributed by atoms with van der Waals surface area (Å²) in [6, 6.07) is 8.59. The van der Waals surface area contributed by atoms with Crippen molar-refractivity contribution in [1.82, 2.24) is 4.90 Å². The molecule has 1 amide bonds. The first-order chi connectivity index (χ1) is 15.4. The number of unbranched alkanes of at least 4 members (excludes halogenated alkanes) is 2. The van der Waals surface area contributed by atoms with E-state index in [9.17, 15) is 13.2 Å². The van der Waals surface area contributed by atoms with Gasteiger partial charge in [0.25, 0.3) is 15.9 Å². The van der Waals surface area contributed by atoms with Crippen molar-refractivity contribution in [2.75, 3.05) is 20.3 Å². The van der Waals surface area contributed by atoms with Crippen molar-refractivity contribution < 1.29 is 22.7 Å². The molecule has 7 nitrogen and oxygen atoms in total. The van der Waals surface area contributed by atoms with Gasteiger partial charge in [0.05, 0.1) is 18.6 Å². The van der Waals surface area contributed by atoms with Crippen molar-refractivity contribution in [3.63, 3.8) is 0 Å². The highest BCUT2D eigenvalue weighted by atomic mass is 32.2. The van der Waals surface area contributed by atoms with Gasteiger partial charge in [-0.25, -0.2) is 0 Å². The molecule has 1 aliphatic heterocycles. The van der Waals surface area contributed by atoms with E-state index in [4.69, 9.17) is 9.47 Å². The standard InChI is InChI=1S/C22H26N2O5S3/c1-4-6-7-12-29-18-14-16(10-11-17(18)28-3)15-19-21(25)24(5-2)22(31-19)23-32(26,27)20-9-8-13-30-20/h8-11,13-15H,4-7,12H2,1-3H3/b19-15-,23-22+. The summed E-state index contributed by atoms with van der Waals surface area (Å²) in [4.78, 5) is 14.6. The third kappa shape index (κ3) is 5.73. The second kappa shape index (κ2) is 11.0. The van der Waals surface area contributed by atoms with Gasteiger partial charge in [-0.1, -0.05) is 31.9 Å². The Kier molecular flexibility index (Phi) is 8.38. The molecular formula is C22H26N2O5S3. The fraction of sp³-hybridized carbons (Fsp3) is 0.364. The minimum Gasteiger partial charge on any atom is -0.493 e. The van der Waals surface area contributed by atoms with E-state index in [0.29, 0.717) is 29.6 Å². The molecule has 1 fully saturated rings. The van der Waals surface area contributed by atoms with Crippen LogP contribution in [0.4, 0.5) is 0 Å². The van der Waals surface area contributed by atoms with E-state index in [1.807, 2.05) is 12.1 Å². The van der Waals surface area contributed by atoms with E-state index in [2.05, 4.69) is 11.3 Å². The van der Waals surface area contributed by atoms with E-state index in [-0.39, 0.29) is 15.3 Å². The van der Waals surface area contributed by atoms with Crippen LogP contribution in [0.1, 0.15) is 38.7 Å². The summed E-state index contributed by atoms with van der Waals surface area (Å²) in [5, 5.41) is 1.83. The molecule has 0 aliphatic carbocycles. The fourth-order valence-corrected chi connectivity index (χ4v) is 6.21. The molecule has 0 bridgehead atoms. The van der Waals surface area contributed by atoms with E-state index >= 15 is 0 Å². The van der Waals surface area contributed by atoms with E-state index in [0.717, 1.165) is 47.9 Å². The van der Waals surface area contributed by atoms with Crippen molar-refractivity contribution in [3.05, 3.63) is 46.2 Å². The number of sulfonamides is 1. The third-order valence-electron chi connectivity index (χ3n) is 4.64.